The second kappa shape index (κ2) is 12.2. The van der Waals surface area contributed by atoms with Crippen LogP contribution >= 0.6 is 0 Å². The number of phenols is 1. The van der Waals surface area contributed by atoms with E-state index >= 15 is 0 Å². The van der Waals surface area contributed by atoms with Crippen molar-refractivity contribution >= 4 is 17.7 Å². The molecule has 1 saturated carbocycles. The van der Waals surface area contributed by atoms with Gasteiger partial charge in [-0.1, -0.05) is 6.07 Å². The number of hydrogen-bond donors (Lipinski definition) is 2. The minimum atomic E-state index is -5.08. The van der Waals surface area contributed by atoms with E-state index in [0.29, 0.717) is 21.8 Å². The predicted molar refractivity (Wildman–Crippen MR) is 136 cm³/mol. The first-order valence-corrected chi connectivity index (χ1v) is 12.8. The predicted octanol–water partition coefficient (Wildman–Crippen LogP) is 5.24. The average molecular weight is 596 g/mol. The molecule has 0 saturated heterocycles. The quantitative estimate of drug-likeness (QED) is 0.257. The Morgan fingerprint density at radius 2 is 1.71 bits per heavy atom. The van der Waals surface area contributed by atoms with Crippen molar-refractivity contribution in [3.63, 3.8) is 0 Å². The number of carboxylic acids is 1. The molecule has 14 heteroatoms. The molecule has 0 unspecified atom stereocenters. The normalized spacial score (nSPS) is 17.1. The summed E-state index contributed by atoms with van der Waals surface area (Å²) in [6.45, 7) is -1.56. The maximum Gasteiger partial charge on any atom is 0.433 e. The van der Waals surface area contributed by atoms with Gasteiger partial charge in [-0.15, -0.1) is 0 Å². The molecule has 42 heavy (non-hydrogen) atoms. The number of aromatic hydroxyl groups is 1. The van der Waals surface area contributed by atoms with Gasteiger partial charge in [0, 0.05) is 12.6 Å². The molecule has 9 nitrogen and oxygen atoms in total. The van der Waals surface area contributed by atoms with Gasteiger partial charge < -0.3 is 19.8 Å². The van der Waals surface area contributed by atoms with E-state index in [2.05, 4.69) is 5.10 Å². The zero-order chi connectivity index (χ0) is 30.8. The van der Waals surface area contributed by atoms with Crippen molar-refractivity contribution in [2.24, 2.45) is 5.92 Å². The zero-order valence-corrected chi connectivity index (χ0v) is 22.2. The van der Waals surface area contributed by atoms with Crippen LogP contribution in [-0.4, -0.2) is 56.2 Å². The van der Waals surface area contributed by atoms with E-state index in [1.165, 1.54) is 25.3 Å². The van der Waals surface area contributed by atoms with Crippen molar-refractivity contribution in [1.29, 1.82) is 0 Å². The molecule has 0 atom stereocenters. The molecular formula is C28H26F5N3O6. The SMILES string of the molecule is COc1cccc(O)c1C(=O)CN(Cc1cc(F)cc(F)c1)C(=O)c1cnn(C2CCC(C(=O)O)CC2)c1C(F)(F)F. The van der Waals surface area contributed by atoms with E-state index in [9.17, 15) is 46.5 Å². The highest BCUT2D eigenvalue weighted by Gasteiger charge is 2.43. The molecule has 4 rings (SSSR count). The van der Waals surface area contributed by atoms with Gasteiger partial charge in [0.25, 0.3) is 5.91 Å². The van der Waals surface area contributed by atoms with Gasteiger partial charge in [-0.05, 0) is 55.5 Å². The summed E-state index contributed by atoms with van der Waals surface area (Å²) in [7, 11) is 1.22. The second-order valence-corrected chi connectivity index (χ2v) is 9.91. The van der Waals surface area contributed by atoms with Crippen molar-refractivity contribution in [2.45, 2.75) is 44.4 Å². The molecule has 3 aromatic rings. The maximum absolute atomic E-state index is 14.4. The fraction of sp³-hybridized carbons (Fsp3) is 0.357. The van der Waals surface area contributed by atoms with Crippen LogP contribution in [0.15, 0.2) is 42.6 Å². The molecule has 2 aromatic carbocycles. The van der Waals surface area contributed by atoms with Gasteiger partial charge in [0.15, 0.2) is 11.5 Å². The summed E-state index contributed by atoms with van der Waals surface area (Å²) in [5.41, 5.74) is -2.79. The molecule has 1 amide bonds. The Bertz CT molecular complexity index is 1480. The first-order valence-electron chi connectivity index (χ1n) is 12.8. The number of Topliss-reactive ketones (excluding diaryl/α,β-unsaturated/α-hetero) is 1. The number of amides is 1. The Balaban J connectivity index is 1.73. The molecule has 0 aliphatic heterocycles. The summed E-state index contributed by atoms with van der Waals surface area (Å²) in [5, 5.41) is 23.3. The molecule has 1 heterocycles. The van der Waals surface area contributed by atoms with Crippen LogP contribution in [0.4, 0.5) is 22.0 Å². The van der Waals surface area contributed by atoms with Gasteiger partial charge in [0.2, 0.25) is 0 Å². The fourth-order valence-electron chi connectivity index (χ4n) is 5.16. The summed E-state index contributed by atoms with van der Waals surface area (Å²) < 4.78 is 76.8. The highest BCUT2D eigenvalue weighted by molar-refractivity contribution is 6.05. The van der Waals surface area contributed by atoms with E-state index in [1.807, 2.05) is 0 Å². The number of carbonyl (C=O) groups excluding carboxylic acids is 2. The first kappa shape index (κ1) is 30.5. The molecule has 1 aromatic heterocycles. The minimum absolute atomic E-state index is 0.0648. The van der Waals surface area contributed by atoms with Gasteiger partial charge in [0.05, 0.1) is 37.4 Å². The van der Waals surface area contributed by atoms with Crippen LogP contribution in [0.5, 0.6) is 11.5 Å². The van der Waals surface area contributed by atoms with Crippen molar-refractivity contribution < 1.29 is 51.3 Å². The largest absolute Gasteiger partial charge is 0.507 e. The number of methoxy groups -OCH3 is 1. The zero-order valence-electron chi connectivity index (χ0n) is 22.2. The van der Waals surface area contributed by atoms with Crippen molar-refractivity contribution in [2.75, 3.05) is 13.7 Å². The van der Waals surface area contributed by atoms with Gasteiger partial charge in [-0.25, -0.2) is 8.78 Å². The molecule has 224 valence electrons. The molecule has 0 radical (unpaired) electrons. The third-order valence-corrected chi connectivity index (χ3v) is 7.11. The Morgan fingerprint density at radius 3 is 2.29 bits per heavy atom. The molecule has 2 N–H and O–H groups in total. The van der Waals surface area contributed by atoms with Crippen LogP contribution in [0, 0.1) is 17.6 Å². The lowest BCUT2D eigenvalue weighted by Gasteiger charge is -2.28. The van der Waals surface area contributed by atoms with Gasteiger partial charge in [-0.3, -0.25) is 19.1 Å². The van der Waals surface area contributed by atoms with Gasteiger partial charge in [0.1, 0.15) is 28.7 Å². The Hall–Kier alpha value is -4.49. The number of nitrogens with zero attached hydrogens (tertiary/aromatic N) is 3. The Morgan fingerprint density at radius 1 is 1.07 bits per heavy atom. The van der Waals surface area contributed by atoms with Crippen molar-refractivity contribution in [3.05, 3.63) is 76.6 Å². The number of alkyl halides is 3. The number of aliphatic carboxylic acids is 1. The van der Waals surface area contributed by atoms with Crippen molar-refractivity contribution in [1.82, 2.24) is 14.7 Å². The number of phenolic OH excluding ortho intramolecular Hbond substituents is 1. The summed E-state index contributed by atoms with van der Waals surface area (Å²) in [6.07, 6.45) is -3.98. The number of rotatable bonds is 9. The molecule has 0 bridgehead atoms. The van der Waals surface area contributed by atoms with Crippen LogP contribution in [0.2, 0.25) is 0 Å². The van der Waals surface area contributed by atoms with Crippen LogP contribution in [-0.2, 0) is 17.5 Å². The number of benzene rings is 2. The molecule has 1 aliphatic rings. The highest BCUT2D eigenvalue weighted by Crippen LogP contribution is 2.39. The summed E-state index contributed by atoms with van der Waals surface area (Å²) in [5.74, 6) is -6.56. The number of hydrogen-bond acceptors (Lipinski definition) is 6. The molecule has 1 aliphatic carbocycles. The third-order valence-electron chi connectivity index (χ3n) is 7.11. The highest BCUT2D eigenvalue weighted by atomic mass is 19.4. The number of aromatic nitrogens is 2. The summed E-state index contributed by atoms with van der Waals surface area (Å²) >= 11 is 0. The number of ether oxygens (including phenoxy) is 1. The van der Waals surface area contributed by atoms with E-state index < -0.39 is 77.5 Å². The maximum atomic E-state index is 14.4. The van der Waals surface area contributed by atoms with Gasteiger partial charge in [-0.2, -0.15) is 18.3 Å². The number of carbonyl (C=O) groups is 3. The van der Waals surface area contributed by atoms with Crippen LogP contribution in [0.3, 0.4) is 0 Å². The monoisotopic (exact) mass is 595 g/mol. The van der Waals surface area contributed by atoms with E-state index in [0.717, 1.165) is 12.1 Å². The number of ketones is 1. The molecule has 0 spiro atoms. The lowest BCUT2D eigenvalue weighted by Crippen LogP contribution is -2.37. The topological polar surface area (TPSA) is 122 Å². The standard InChI is InChI=1S/C28H26F5N3O6/c1-42-23-4-2-3-21(37)24(23)22(38)14-35(13-15-9-17(29)11-18(30)10-15)26(39)20-12-34-36(25(20)28(31,32)33)19-7-5-16(6-8-19)27(40)41/h2-4,9-12,16,19,37H,5-8,13-14H2,1H3,(H,40,41). The molecule has 1 fully saturated rings. The lowest BCUT2D eigenvalue weighted by atomic mass is 9.86. The average Bonchev–Trinajstić information content (AvgIpc) is 3.37. The smallest absolute Gasteiger partial charge is 0.433 e. The second-order valence-electron chi connectivity index (χ2n) is 9.91. The van der Waals surface area contributed by atoms with Crippen molar-refractivity contribution in [3.8, 4) is 11.5 Å². The lowest BCUT2D eigenvalue weighted by molar-refractivity contribution is -0.147. The summed E-state index contributed by atoms with van der Waals surface area (Å²) in [6, 6.07) is 5.38. The Kier molecular flexibility index (Phi) is 8.83. The van der Waals surface area contributed by atoms with E-state index in [-0.39, 0.29) is 42.6 Å². The van der Waals surface area contributed by atoms with Crippen LogP contribution in [0.1, 0.15) is 63.7 Å². The summed E-state index contributed by atoms with van der Waals surface area (Å²) in [4.78, 5) is 38.9. The van der Waals surface area contributed by atoms with Crippen LogP contribution in [0.25, 0.3) is 0 Å². The van der Waals surface area contributed by atoms with Gasteiger partial charge >= 0.3 is 12.1 Å². The first-order chi connectivity index (χ1) is 19.8. The Labute approximate surface area is 236 Å². The van der Waals surface area contributed by atoms with Crippen LogP contribution < -0.4 is 4.74 Å². The third kappa shape index (κ3) is 6.52. The minimum Gasteiger partial charge on any atom is -0.507 e. The molecular weight excluding hydrogens is 569 g/mol. The number of halogens is 5. The fourth-order valence-corrected chi connectivity index (χ4v) is 5.16. The van der Waals surface area contributed by atoms with E-state index in [1.54, 1.807) is 0 Å². The van der Waals surface area contributed by atoms with E-state index in [4.69, 9.17) is 4.74 Å². The number of carboxylic acid groups (broad SMARTS) is 1.